The van der Waals surface area contributed by atoms with Crippen molar-refractivity contribution in [3.05, 3.63) is 29.8 Å². The van der Waals surface area contributed by atoms with Gasteiger partial charge in [0.15, 0.2) is 0 Å². The topological polar surface area (TPSA) is 70.2 Å². The van der Waals surface area contributed by atoms with E-state index in [1.165, 1.54) is 0 Å². The van der Waals surface area contributed by atoms with E-state index in [1.807, 2.05) is 26.0 Å². The molecule has 2 amide bonds. The second-order valence-corrected chi connectivity index (χ2v) is 4.91. The van der Waals surface area contributed by atoms with Gasteiger partial charge in [-0.15, -0.1) is 0 Å². The summed E-state index contributed by atoms with van der Waals surface area (Å²) in [6.45, 7) is 6.74. The van der Waals surface area contributed by atoms with Crippen LogP contribution in [0.2, 0.25) is 0 Å². The molecule has 0 aliphatic carbocycles. The standard InChI is InChI=1S/C15H23N3O2/c1-4-9-16-13-7-5-12(6-8-13)15(20)17-10-14(19)18-11(2)3/h5-8,11,16H,4,9-10H2,1-3H3,(H,17,20)(H,18,19). The SMILES string of the molecule is CCCNc1ccc(C(=O)NCC(=O)NC(C)C)cc1. The van der Waals surface area contributed by atoms with Crippen LogP contribution in [0.4, 0.5) is 5.69 Å². The Balaban J connectivity index is 2.45. The third-order valence-corrected chi connectivity index (χ3v) is 2.59. The molecule has 0 aromatic heterocycles. The van der Waals surface area contributed by atoms with Crippen LogP contribution in [0.15, 0.2) is 24.3 Å². The average molecular weight is 277 g/mol. The van der Waals surface area contributed by atoms with E-state index >= 15 is 0 Å². The molecular formula is C15H23N3O2. The van der Waals surface area contributed by atoms with Crippen molar-refractivity contribution in [2.75, 3.05) is 18.4 Å². The maximum absolute atomic E-state index is 11.8. The highest BCUT2D eigenvalue weighted by molar-refractivity contribution is 5.96. The zero-order chi connectivity index (χ0) is 15.0. The molecule has 0 radical (unpaired) electrons. The summed E-state index contributed by atoms with van der Waals surface area (Å²) in [6.07, 6.45) is 1.05. The molecule has 1 rings (SSSR count). The van der Waals surface area contributed by atoms with Crippen LogP contribution in [0.3, 0.4) is 0 Å². The highest BCUT2D eigenvalue weighted by Crippen LogP contribution is 2.09. The summed E-state index contributed by atoms with van der Waals surface area (Å²) >= 11 is 0. The van der Waals surface area contributed by atoms with Gasteiger partial charge in [-0.05, 0) is 44.5 Å². The van der Waals surface area contributed by atoms with Crippen LogP contribution in [0.25, 0.3) is 0 Å². The number of nitrogens with one attached hydrogen (secondary N) is 3. The molecule has 0 aliphatic heterocycles. The lowest BCUT2D eigenvalue weighted by Gasteiger charge is -2.10. The maximum Gasteiger partial charge on any atom is 0.251 e. The second-order valence-electron chi connectivity index (χ2n) is 4.91. The van der Waals surface area contributed by atoms with Crippen molar-refractivity contribution in [3.63, 3.8) is 0 Å². The lowest BCUT2D eigenvalue weighted by atomic mass is 10.2. The summed E-state index contributed by atoms with van der Waals surface area (Å²) < 4.78 is 0. The fourth-order valence-corrected chi connectivity index (χ4v) is 1.64. The Morgan fingerprint density at radius 1 is 1.15 bits per heavy atom. The molecule has 0 atom stereocenters. The number of rotatable bonds is 7. The molecule has 0 unspecified atom stereocenters. The summed E-state index contributed by atoms with van der Waals surface area (Å²) in [5.74, 6) is -0.430. The molecule has 1 aromatic carbocycles. The van der Waals surface area contributed by atoms with Crippen molar-refractivity contribution in [1.82, 2.24) is 10.6 Å². The van der Waals surface area contributed by atoms with Crippen LogP contribution in [0.5, 0.6) is 0 Å². The summed E-state index contributed by atoms with van der Waals surface area (Å²) in [4.78, 5) is 23.3. The van der Waals surface area contributed by atoms with Crippen LogP contribution >= 0.6 is 0 Å². The highest BCUT2D eigenvalue weighted by Gasteiger charge is 2.08. The zero-order valence-corrected chi connectivity index (χ0v) is 12.3. The zero-order valence-electron chi connectivity index (χ0n) is 12.3. The molecule has 0 bridgehead atoms. The Bertz CT molecular complexity index is 441. The number of hydrogen-bond donors (Lipinski definition) is 3. The molecule has 20 heavy (non-hydrogen) atoms. The molecule has 0 saturated carbocycles. The first-order valence-corrected chi connectivity index (χ1v) is 6.94. The molecule has 0 heterocycles. The Kier molecular flexibility index (Phi) is 6.56. The second kappa shape index (κ2) is 8.19. The molecule has 5 heteroatoms. The fraction of sp³-hybridized carbons (Fsp3) is 0.467. The van der Waals surface area contributed by atoms with Crippen molar-refractivity contribution in [2.24, 2.45) is 0 Å². The predicted molar refractivity (Wildman–Crippen MR) is 80.8 cm³/mol. The monoisotopic (exact) mass is 277 g/mol. The number of carbonyl (C=O) groups is 2. The van der Waals surface area contributed by atoms with Gasteiger partial charge in [0, 0.05) is 23.8 Å². The van der Waals surface area contributed by atoms with Crippen LogP contribution in [-0.2, 0) is 4.79 Å². The minimum Gasteiger partial charge on any atom is -0.385 e. The number of anilines is 1. The maximum atomic E-state index is 11.8. The number of hydrogen-bond acceptors (Lipinski definition) is 3. The largest absolute Gasteiger partial charge is 0.385 e. The first-order chi connectivity index (χ1) is 9.52. The van der Waals surface area contributed by atoms with Crippen LogP contribution < -0.4 is 16.0 Å². The lowest BCUT2D eigenvalue weighted by Crippen LogP contribution is -2.39. The van der Waals surface area contributed by atoms with Gasteiger partial charge in [-0.25, -0.2) is 0 Å². The van der Waals surface area contributed by atoms with Gasteiger partial charge in [-0.1, -0.05) is 6.92 Å². The van der Waals surface area contributed by atoms with Gasteiger partial charge >= 0.3 is 0 Å². The van der Waals surface area contributed by atoms with E-state index in [9.17, 15) is 9.59 Å². The fourth-order valence-electron chi connectivity index (χ4n) is 1.64. The smallest absolute Gasteiger partial charge is 0.251 e. The molecule has 0 saturated heterocycles. The van der Waals surface area contributed by atoms with Gasteiger partial charge in [0.2, 0.25) is 5.91 Å². The van der Waals surface area contributed by atoms with E-state index < -0.39 is 0 Å². The molecule has 5 nitrogen and oxygen atoms in total. The predicted octanol–water partition coefficient (Wildman–Crippen LogP) is 1.76. The van der Waals surface area contributed by atoms with E-state index in [-0.39, 0.29) is 24.4 Å². The van der Waals surface area contributed by atoms with Gasteiger partial charge in [-0.3, -0.25) is 9.59 Å². The van der Waals surface area contributed by atoms with E-state index in [4.69, 9.17) is 0 Å². The third kappa shape index (κ3) is 5.73. The molecule has 3 N–H and O–H groups in total. The molecule has 0 spiro atoms. The third-order valence-electron chi connectivity index (χ3n) is 2.59. The van der Waals surface area contributed by atoms with E-state index in [1.54, 1.807) is 12.1 Å². The first-order valence-electron chi connectivity index (χ1n) is 6.94. The van der Waals surface area contributed by atoms with Gasteiger partial charge in [0.05, 0.1) is 6.54 Å². The Hall–Kier alpha value is -2.04. The minimum absolute atomic E-state index is 0.00709. The summed E-state index contributed by atoms with van der Waals surface area (Å²) in [5, 5.41) is 8.55. The average Bonchev–Trinajstić information content (AvgIpc) is 2.42. The molecule has 1 aromatic rings. The van der Waals surface area contributed by atoms with Gasteiger partial charge in [0.1, 0.15) is 0 Å². The van der Waals surface area contributed by atoms with Crippen LogP contribution in [-0.4, -0.2) is 30.9 Å². The minimum atomic E-state index is -0.244. The molecule has 110 valence electrons. The summed E-state index contributed by atoms with van der Waals surface area (Å²) in [5.41, 5.74) is 1.53. The number of benzene rings is 1. The van der Waals surface area contributed by atoms with E-state index in [0.717, 1.165) is 18.7 Å². The van der Waals surface area contributed by atoms with Crippen molar-refractivity contribution in [1.29, 1.82) is 0 Å². The van der Waals surface area contributed by atoms with Gasteiger partial charge in [-0.2, -0.15) is 0 Å². The van der Waals surface area contributed by atoms with Crippen molar-refractivity contribution in [3.8, 4) is 0 Å². The normalized spacial score (nSPS) is 10.2. The Labute approximate surface area is 120 Å². The van der Waals surface area contributed by atoms with Crippen molar-refractivity contribution < 1.29 is 9.59 Å². The van der Waals surface area contributed by atoms with E-state index in [2.05, 4.69) is 22.9 Å². The van der Waals surface area contributed by atoms with Gasteiger partial charge in [0.25, 0.3) is 5.91 Å². The van der Waals surface area contributed by atoms with Crippen molar-refractivity contribution >= 4 is 17.5 Å². The van der Waals surface area contributed by atoms with Gasteiger partial charge < -0.3 is 16.0 Å². The summed E-state index contributed by atoms with van der Waals surface area (Å²) in [6, 6.07) is 7.28. The number of amides is 2. The number of carbonyl (C=O) groups excluding carboxylic acids is 2. The summed E-state index contributed by atoms with van der Waals surface area (Å²) in [7, 11) is 0. The first kappa shape index (κ1) is 16.0. The quantitative estimate of drug-likeness (QED) is 0.711. The Morgan fingerprint density at radius 3 is 2.35 bits per heavy atom. The van der Waals surface area contributed by atoms with Crippen LogP contribution in [0, 0.1) is 0 Å². The molecule has 0 fully saturated rings. The van der Waals surface area contributed by atoms with E-state index in [0.29, 0.717) is 5.56 Å². The van der Waals surface area contributed by atoms with Crippen molar-refractivity contribution in [2.45, 2.75) is 33.2 Å². The molecular weight excluding hydrogens is 254 g/mol. The molecule has 0 aliphatic rings. The lowest BCUT2D eigenvalue weighted by molar-refractivity contribution is -0.120. The van der Waals surface area contributed by atoms with Crippen LogP contribution in [0.1, 0.15) is 37.6 Å². The highest BCUT2D eigenvalue weighted by atomic mass is 16.2. The Morgan fingerprint density at radius 2 is 1.80 bits per heavy atom.